The molecule has 0 saturated heterocycles. The molecule has 1 unspecified atom stereocenters. The Bertz CT molecular complexity index is 612. The topological polar surface area (TPSA) is 84.9 Å². The average molecular weight is 375 g/mol. The molecular formula is C17H20F3NO5. The number of ether oxygens (including phenoxy) is 2. The van der Waals surface area contributed by atoms with Crippen molar-refractivity contribution in [3.05, 3.63) is 29.8 Å². The zero-order valence-electron chi connectivity index (χ0n) is 13.9. The Hall–Kier alpha value is -2.29. The SMILES string of the molecule is O=C(O)CC(NC(=O)COC1CCCC1)c1ccc(OC(F)(F)F)cc1. The van der Waals surface area contributed by atoms with Crippen LogP contribution in [0.25, 0.3) is 0 Å². The van der Waals surface area contributed by atoms with Gasteiger partial charge in [-0.05, 0) is 30.5 Å². The van der Waals surface area contributed by atoms with Crippen molar-refractivity contribution in [2.75, 3.05) is 6.61 Å². The van der Waals surface area contributed by atoms with Crippen LogP contribution in [0.5, 0.6) is 5.75 Å². The van der Waals surface area contributed by atoms with E-state index < -0.39 is 36.5 Å². The van der Waals surface area contributed by atoms with Crippen molar-refractivity contribution in [2.45, 2.75) is 50.6 Å². The van der Waals surface area contributed by atoms with E-state index in [-0.39, 0.29) is 12.7 Å². The maximum atomic E-state index is 12.2. The number of aliphatic carboxylic acids is 1. The number of hydrogen-bond acceptors (Lipinski definition) is 4. The van der Waals surface area contributed by atoms with Crippen LogP contribution in [0.2, 0.25) is 0 Å². The molecule has 0 aliphatic heterocycles. The minimum Gasteiger partial charge on any atom is -0.481 e. The number of carbonyl (C=O) groups excluding carboxylic acids is 1. The first-order valence-corrected chi connectivity index (χ1v) is 8.21. The van der Waals surface area contributed by atoms with Crippen LogP contribution in [-0.4, -0.2) is 36.1 Å². The zero-order valence-corrected chi connectivity index (χ0v) is 13.9. The molecule has 0 heterocycles. The smallest absolute Gasteiger partial charge is 0.481 e. The van der Waals surface area contributed by atoms with Crippen LogP contribution < -0.4 is 10.1 Å². The molecule has 0 bridgehead atoms. The molecule has 0 aromatic heterocycles. The van der Waals surface area contributed by atoms with Gasteiger partial charge in [0, 0.05) is 0 Å². The fraction of sp³-hybridized carbons (Fsp3) is 0.529. The monoisotopic (exact) mass is 375 g/mol. The van der Waals surface area contributed by atoms with Gasteiger partial charge in [-0.2, -0.15) is 0 Å². The highest BCUT2D eigenvalue weighted by Gasteiger charge is 2.31. The van der Waals surface area contributed by atoms with Gasteiger partial charge in [-0.25, -0.2) is 0 Å². The molecule has 1 saturated carbocycles. The highest BCUT2D eigenvalue weighted by molar-refractivity contribution is 5.78. The summed E-state index contributed by atoms with van der Waals surface area (Å²) in [6, 6.07) is 3.82. The molecule has 1 atom stereocenters. The van der Waals surface area contributed by atoms with Crippen LogP contribution in [0.4, 0.5) is 13.2 Å². The molecule has 0 radical (unpaired) electrons. The van der Waals surface area contributed by atoms with Gasteiger partial charge in [-0.1, -0.05) is 25.0 Å². The number of halogens is 3. The number of nitrogens with one attached hydrogen (secondary N) is 1. The van der Waals surface area contributed by atoms with Gasteiger partial charge in [0.1, 0.15) is 12.4 Å². The number of carboxylic acids is 1. The molecule has 6 nitrogen and oxygen atoms in total. The number of carbonyl (C=O) groups is 2. The van der Waals surface area contributed by atoms with Crippen LogP contribution in [0.15, 0.2) is 24.3 Å². The van der Waals surface area contributed by atoms with Crippen molar-refractivity contribution >= 4 is 11.9 Å². The van der Waals surface area contributed by atoms with Gasteiger partial charge in [-0.15, -0.1) is 13.2 Å². The van der Waals surface area contributed by atoms with E-state index in [1.165, 1.54) is 12.1 Å². The zero-order chi connectivity index (χ0) is 19.2. The van der Waals surface area contributed by atoms with Crippen LogP contribution in [0.1, 0.15) is 43.7 Å². The van der Waals surface area contributed by atoms with Crippen molar-refractivity contribution in [2.24, 2.45) is 0 Å². The molecule has 144 valence electrons. The first-order chi connectivity index (χ1) is 12.2. The van der Waals surface area contributed by atoms with Crippen LogP contribution >= 0.6 is 0 Å². The number of amides is 1. The first-order valence-electron chi connectivity index (χ1n) is 8.21. The van der Waals surface area contributed by atoms with Gasteiger partial charge >= 0.3 is 12.3 Å². The van der Waals surface area contributed by atoms with Gasteiger partial charge in [-0.3, -0.25) is 9.59 Å². The highest BCUT2D eigenvalue weighted by Crippen LogP contribution is 2.25. The fourth-order valence-electron chi connectivity index (χ4n) is 2.81. The summed E-state index contributed by atoms with van der Waals surface area (Å²) in [4.78, 5) is 23.0. The van der Waals surface area contributed by atoms with E-state index in [9.17, 15) is 22.8 Å². The molecule has 1 aromatic carbocycles. The number of benzene rings is 1. The first kappa shape index (κ1) is 20.0. The lowest BCUT2D eigenvalue weighted by molar-refractivity contribution is -0.274. The average Bonchev–Trinajstić information content (AvgIpc) is 3.04. The van der Waals surface area contributed by atoms with Crippen molar-refractivity contribution < 1.29 is 37.3 Å². The fourth-order valence-corrected chi connectivity index (χ4v) is 2.81. The maximum absolute atomic E-state index is 12.2. The van der Waals surface area contributed by atoms with E-state index in [0.717, 1.165) is 37.8 Å². The Morgan fingerprint density at radius 3 is 2.35 bits per heavy atom. The Morgan fingerprint density at radius 1 is 1.19 bits per heavy atom. The second-order valence-corrected chi connectivity index (χ2v) is 6.05. The highest BCUT2D eigenvalue weighted by atomic mass is 19.4. The molecule has 1 fully saturated rings. The Labute approximate surface area is 148 Å². The summed E-state index contributed by atoms with van der Waals surface area (Å²) < 4.78 is 45.8. The number of carboxylic acid groups (broad SMARTS) is 1. The van der Waals surface area contributed by atoms with Gasteiger partial charge in [0.05, 0.1) is 18.6 Å². The van der Waals surface area contributed by atoms with Gasteiger partial charge in [0.15, 0.2) is 0 Å². The summed E-state index contributed by atoms with van der Waals surface area (Å²) >= 11 is 0. The quantitative estimate of drug-likeness (QED) is 0.729. The van der Waals surface area contributed by atoms with Gasteiger partial charge in [0.2, 0.25) is 5.91 Å². The third kappa shape index (κ3) is 6.91. The molecule has 2 N–H and O–H groups in total. The third-order valence-corrected chi connectivity index (χ3v) is 3.98. The molecule has 1 aliphatic carbocycles. The summed E-state index contributed by atoms with van der Waals surface area (Å²) in [5, 5.41) is 11.6. The van der Waals surface area contributed by atoms with Crippen LogP contribution in [0, 0.1) is 0 Å². The van der Waals surface area contributed by atoms with E-state index >= 15 is 0 Å². The van der Waals surface area contributed by atoms with Crippen molar-refractivity contribution in [3.63, 3.8) is 0 Å². The van der Waals surface area contributed by atoms with Crippen molar-refractivity contribution in [1.82, 2.24) is 5.32 Å². The minimum absolute atomic E-state index is 0.0393. The Morgan fingerprint density at radius 2 is 1.81 bits per heavy atom. The number of hydrogen-bond donors (Lipinski definition) is 2. The second kappa shape index (κ2) is 8.88. The summed E-state index contributed by atoms with van der Waals surface area (Å²) in [5.41, 5.74) is 0.358. The molecule has 1 aromatic rings. The summed E-state index contributed by atoms with van der Waals surface area (Å²) in [7, 11) is 0. The third-order valence-electron chi connectivity index (χ3n) is 3.98. The van der Waals surface area contributed by atoms with Crippen LogP contribution in [0.3, 0.4) is 0 Å². The van der Waals surface area contributed by atoms with Crippen LogP contribution in [-0.2, 0) is 14.3 Å². The van der Waals surface area contributed by atoms with E-state index in [1.54, 1.807) is 0 Å². The van der Waals surface area contributed by atoms with Gasteiger partial charge in [0.25, 0.3) is 0 Å². The lowest BCUT2D eigenvalue weighted by Gasteiger charge is -2.19. The summed E-state index contributed by atoms with van der Waals surface area (Å²) in [5.74, 6) is -2.05. The number of alkyl halides is 3. The lowest BCUT2D eigenvalue weighted by Crippen LogP contribution is -2.34. The lowest BCUT2D eigenvalue weighted by atomic mass is 10.0. The summed E-state index contributed by atoms with van der Waals surface area (Å²) in [6.07, 6.45) is -1.28. The molecule has 2 rings (SSSR count). The van der Waals surface area contributed by atoms with Crippen molar-refractivity contribution in [1.29, 1.82) is 0 Å². The predicted octanol–water partition coefficient (Wildman–Crippen LogP) is 3.18. The van der Waals surface area contributed by atoms with Gasteiger partial charge < -0.3 is 19.9 Å². The summed E-state index contributed by atoms with van der Waals surface area (Å²) in [6.45, 7) is -0.184. The molecule has 26 heavy (non-hydrogen) atoms. The normalized spacial score (nSPS) is 16.3. The largest absolute Gasteiger partial charge is 0.573 e. The number of rotatable bonds is 8. The van der Waals surface area contributed by atoms with E-state index in [2.05, 4.69) is 10.1 Å². The molecule has 1 aliphatic rings. The second-order valence-electron chi connectivity index (χ2n) is 6.05. The standard InChI is InChI=1S/C17H20F3NO5/c18-17(19,20)26-13-7-5-11(6-8-13)14(9-16(23)24)21-15(22)10-25-12-3-1-2-4-12/h5-8,12,14H,1-4,9-10H2,(H,21,22)(H,23,24). The molecule has 9 heteroatoms. The van der Waals surface area contributed by atoms with E-state index in [1.807, 2.05) is 0 Å². The van der Waals surface area contributed by atoms with E-state index in [0.29, 0.717) is 5.56 Å². The maximum Gasteiger partial charge on any atom is 0.573 e. The Kier molecular flexibility index (Phi) is 6.84. The molecular weight excluding hydrogens is 355 g/mol. The molecule has 0 spiro atoms. The van der Waals surface area contributed by atoms with Crippen molar-refractivity contribution in [3.8, 4) is 5.75 Å². The molecule has 1 amide bonds. The Balaban J connectivity index is 1.96. The minimum atomic E-state index is -4.81. The van der Waals surface area contributed by atoms with E-state index in [4.69, 9.17) is 9.84 Å². The predicted molar refractivity (Wildman–Crippen MR) is 84.5 cm³/mol.